The van der Waals surface area contributed by atoms with E-state index in [0.29, 0.717) is 11.8 Å². The molecule has 0 saturated carbocycles. The number of hydrogen-bond donors (Lipinski definition) is 2. The van der Waals surface area contributed by atoms with Gasteiger partial charge in [0.2, 0.25) is 5.95 Å². The molecule has 3 rings (SSSR count). The Hall–Kier alpha value is -2.44. The average Bonchev–Trinajstić information content (AvgIpc) is 2.95. The van der Waals surface area contributed by atoms with E-state index in [-0.39, 0.29) is 11.9 Å². The number of piperidine rings is 1. The van der Waals surface area contributed by atoms with Crippen molar-refractivity contribution >= 4 is 11.9 Å². The van der Waals surface area contributed by atoms with Gasteiger partial charge in [0.1, 0.15) is 0 Å². The van der Waals surface area contributed by atoms with Gasteiger partial charge in [0.25, 0.3) is 5.91 Å². The zero-order valence-electron chi connectivity index (χ0n) is 11.9. The molecule has 7 nitrogen and oxygen atoms in total. The third kappa shape index (κ3) is 3.18. The number of carbonyl (C=O) groups excluding carboxylic acids is 1. The Bertz CT molecular complexity index is 611. The van der Waals surface area contributed by atoms with E-state index in [9.17, 15) is 4.79 Å². The first-order chi connectivity index (χ1) is 10.2. The number of imidazole rings is 1. The molecule has 0 radical (unpaired) electrons. The molecule has 2 aromatic rings. The summed E-state index contributed by atoms with van der Waals surface area (Å²) in [5.41, 5.74) is 0.878. The number of aromatic nitrogens is 4. The SMILES string of the molecule is Cc1cnc(C(=O)N[C@H]2CCCN(c3ncccn3)C2)[nH]1. The van der Waals surface area contributed by atoms with Crippen LogP contribution in [0.5, 0.6) is 0 Å². The van der Waals surface area contributed by atoms with Gasteiger partial charge in [0.15, 0.2) is 5.82 Å². The number of hydrogen-bond acceptors (Lipinski definition) is 5. The minimum absolute atomic E-state index is 0.0838. The van der Waals surface area contributed by atoms with Gasteiger partial charge in [-0.25, -0.2) is 15.0 Å². The monoisotopic (exact) mass is 286 g/mol. The van der Waals surface area contributed by atoms with Crippen molar-refractivity contribution in [1.29, 1.82) is 0 Å². The highest BCUT2D eigenvalue weighted by molar-refractivity contribution is 5.90. The summed E-state index contributed by atoms with van der Waals surface area (Å²) in [5.74, 6) is 0.912. The van der Waals surface area contributed by atoms with Gasteiger partial charge in [-0.15, -0.1) is 0 Å². The van der Waals surface area contributed by atoms with Crippen LogP contribution in [0, 0.1) is 6.92 Å². The molecule has 3 heterocycles. The molecule has 110 valence electrons. The second kappa shape index (κ2) is 5.90. The van der Waals surface area contributed by atoms with Gasteiger partial charge in [-0.2, -0.15) is 0 Å². The Balaban J connectivity index is 1.62. The van der Waals surface area contributed by atoms with E-state index in [1.807, 2.05) is 6.92 Å². The molecular formula is C14H18N6O. The van der Waals surface area contributed by atoms with Gasteiger partial charge in [-0.05, 0) is 25.8 Å². The summed E-state index contributed by atoms with van der Waals surface area (Å²) in [4.78, 5) is 29.7. The normalized spacial score (nSPS) is 18.5. The summed E-state index contributed by atoms with van der Waals surface area (Å²) in [5, 5.41) is 3.02. The van der Waals surface area contributed by atoms with Crippen LogP contribution in [-0.2, 0) is 0 Å². The maximum Gasteiger partial charge on any atom is 0.287 e. The van der Waals surface area contributed by atoms with Crippen LogP contribution in [0.4, 0.5) is 5.95 Å². The van der Waals surface area contributed by atoms with Crippen molar-refractivity contribution in [1.82, 2.24) is 25.3 Å². The highest BCUT2D eigenvalue weighted by Crippen LogP contribution is 2.15. The fourth-order valence-electron chi connectivity index (χ4n) is 2.51. The van der Waals surface area contributed by atoms with Crippen molar-refractivity contribution in [2.24, 2.45) is 0 Å². The molecule has 0 spiro atoms. The van der Waals surface area contributed by atoms with Gasteiger partial charge in [-0.1, -0.05) is 0 Å². The average molecular weight is 286 g/mol. The fourth-order valence-corrected chi connectivity index (χ4v) is 2.51. The summed E-state index contributed by atoms with van der Waals surface area (Å²) in [6.45, 7) is 3.50. The second-order valence-electron chi connectivity index (χ2n) is 5.22. The van der Waals surface area contributed by atoms with Gasteiger partial charge < -0.3 is 15.2 Å². The summed E-state index contributed by atoms with van der Waals surface area (Å²) in [7, 11) is 0. The minimum Gasteiger partial charge on any atom is -0.345 e. The van der Waals surface area contributed by atoms with Crippen molar-refractivity contribution in [3.63, 3.8) is 0 Å². The van der Waals surface area contributed by atoms with E-state index in [4.69, 9.17) is 0 Å². The lowest BCUT2D eigenvalue weighted by Gasteiger charge is -2.32. The molecule has 1 atom stereocenters. The third-order valence-corrected chi connectivity index (χ3v) is 3.51. The highest BCUT2D eigenvalue weighted by atomic mass is 16.2. The molecule has 0 aliphatic carbocycles. The maximum absolute atomic E-state index is 12.1. The van der Waals surface area contributed by atoms with Crippen molar-refractivity contribution in [2.75, 3.05) is 18.0 Å². The van der Waals surface area contributed by atoms with Crippen LogP contribution in [0.25, 0.3) is 0 Å². The van der Waals surface area contributed by atoms with E-state index in [2.05, 4.69) is 30.2 Å². The topological polar surface area (TPSA) is 86.8 Å². The summed E-state index contributed by atoms with van der Waals surface area (Å²) < 4.78 is 0. The lowest BCUT2D eigenvalue weighted by Crippen LogP contribution is -2.48. The number of rotatable bonds is 3. The molecule has 0 unspecified atom stereocenters. The fraction of sp³-hybridized carbons (Fsp3) is 0.429. The Morgan fingerprint density at radius 1 is 1.38 bits per heavy atom. The molecule has 0 aromatic carbocycles. The van der Waals surface area contributed by atoms with Crippen molar-refractivity contribution in [3.8, 4) is 0 Å². The second-order valence-corrected chi connectivity index (χ2v) is 5.22. The summed E-state index contributed by atoms with van der Waals surface area (Å²) in [6, 6.07) is 1.88. The van der Waals surface area contributed by atoms with E-state index < -0.39 is 0 Å². The number of aryl methyl sites for hydroxylation is 1. The number of nitrogens with one attached hydrogen (secondary N) is 2. The van der Waals surface area contributed by atoms with Crippen LogP contribution >= 0.6 is 0 Å². The zero-order chi connectivity index (χ0) is 14.7. The number of nitrogens with zero attached hydrogens (tertiary/aromatic N) is 4. The highest BCUT2D eigenvalue weighted by Gasteiger charge is 2.24. The van der Waals surface area contributed by atoms with Crippen molar-refractivity contribution in [3.05, 3.63) is 36.2 Å². The van der Waals surface area contributed by atoms with Gasteiger partial charge in [0, 0.05) is 43.4 Å². The quantitative estimate of drug-likeness (QED) is 0.875. The molecule has 1 aliphatic heterocycles. The predicted octanol–water partition coefficient (Wildman–Crippen LogP) is 0.907. The predicted molar refractivity (Wildman–Crippen MR) is 78.1 cm³/mol. The Morgan fingerprint density at radius 3 is 2.90 bits per heavy atom. The first-order valence-electron chi connectivity index (χ1n) is 7.07. The largest absolute Gasteiger partial charge is 0.345 e. The molecule has 2 N–H and O–H groups in total. The maximum atomic E-state index is 12.1. The number of anilines is 1. The van der Waals surface area contributed by atoms with E-state index in [1.165, 1.54) is 0 Å². The Labute approximate surface area is 122 Å². The number of carbonyl (C=O) groups is 1. The van der Waals surface area contributed by atoms with Crippen LogP contribution in [0.2, 0.25) is 0 Å². The van der Waals surface area contributed by atoms with Crippen LogP contribution in [0.15, 0.2) is 24.7 Å². The van der Waals surface area contributed by atoms with Crippen LogP contribution in [0.1, 0.15) is 29.2 Å². The van der Waals surface area contributed by atoms with Gasteiger partial charge in [0.05, 0.1) is 0 Å². The van der Waals surface area contributed by atoms with Crippen LogP contribution in [0.3, 0.4) is 0 Å². The number of amides is 1. The number of aromatic amines is 1. The molecule has 1 aliphatic rings. The van der Waals surface area contributed by atoms with E-state index in [1.54, 1.807) is 24.7 Å². The lowest BCUT2D eigenvalue weighted by molar-refractivity contribution is 0.0923. The smallest absolute Gasteiger partial charge is 0.287 e. The van der Waals surface area contributed by atoms with E-state index >= 15 is 0 Å². The number of H-pyrrole nitrogens is 1. The van der Waals surface area contributed by atoms with Gasteiger partial charge >= 0.3 is 0 Å². The lowest BCUT2D eigenvalue weighted by atomic mass is 10.1. The molecule has 21 heavy (non-hydrogen) atoms. The summed E-state index contributed by atoms with van der Waals surface area (Å²) >= 11 is 0. The molecule has 1 saturated heterocycles. The first-order valence-corrected chi connectivity index (χ1v) is 7.07. The Kier molecular flexibility index (Phi) is 3.81. The standard InChI is InChI=1S/C14H18N6O/c1-10-8-17-12(18-10)13(21)19-11-4-2-7-20(9-11)14-15-5-3-6-16-14/h3,5-6,8,11H,2,4,7,9H2,1H3,(H,17,18)(H,19,21)/t11-/m0/s1. The Morgan fingerprint density at radius 2 is 2.19 bits per heavy atom. The summed E-state index contributed by atoms with van der Waals surface area (Å²) in [6.07, 6.45) is 7.07. The third-order valence-electron chi connectivity index (χ3n) is 3.51. The molecule has 7 heteroatoms. The molecular weight excluding hydrogens is 268 g/mol. The van der Waals surface area contributed by atoms with Crippen LogP contribution in [-0.4, -0.2) is 45.0 Å². The minimum atomic E-state index is -0.163. The molecule has 1 fully saturated rings. The van der Waals surface area contributed by atoms with Crippen molar-refractivity contribution < 1.29 is 4.79 Å². The molecule has 0 bridgehead atoms. The first kappa shape index (κ1) is 13.5. The van der Waals surface area contributed by atoms with Crippen molar-refractivity contribution in [2.45, 2.75) is 25.8 Å². The van der Waals surface area contributed by atoms with Crippen LogP contribution < -0.4 is 10.2 Å². The zero-order valence-corrected chi connectivity index (χ0v) is 11.9. The molecule has 2 aromatic heterocycles. The van der Waals surface area contributed by atoms with Gasteiger partial charge in [-0.3, -0.25) is 4.79 Å². The van der Waals surface area contributed by atoms with E-state index in [0.717, 1.165) is 31.6 Å². The molecule has 1 amide bonds.